The molecule has 1 aromatic carbocycles. The molecule has 1 aliphatic heterocycles. The molecule has 0 radical (unpaired) electrons. The van der Waals surface area contributed by atoms with Crippen molar-refractivity contribution in [2.75, 3.05) is 13.2 Å². The Hall–Kier alpha value is -1.01. The number of ether oxygens (including phenoxy) is 1. The summed E-state index contributed by atoms with van der Waals surface area (Å²) in [6.07, 6.45) is 5.26. The Morgan fingerprint density at radius 2 is 1.95 bits per heavy atom. The molecule has 1 aliphatic carbocycles. The van der Waals surface area contributed by atoms with Gasteiger partial charge in [-0.2, -0.15) is 4.99 Å². The molecule has 0 spiro atoms. The summed E-state index contributed by atoms with van der Waals surface area (Å²) < 4.78 is 30.5. The number of rotatable bonds is 4. The number of isocyanates is 1. The molecule has 118 valence electrons. The number of benzene rings is 1. The third-order valence-electron chi connectivity index (χ3n) is 4.51. The van der Waals surface area contributed by atoms with Crippen LogP contribution in [0.3, 0.4) is 0 Å². The van der Waals surface area contributed by atoms with Gasteiger partial charge in [0.05, 0.1) is 23.6 Å². The van der Waals surface area contributed by atoms with Gasteiger partial charge in [0.2, 0.25) is 6.08 Å². The van der Waals surface area contributed by atoms with Crippen molar-refractivity contribution in [1.29, 1.82) is 0 Å². The second-order valence-electron chi connectivity index (χ2n) is 5.79. The number of hydrogen-bond donors (Lipinski definition) is 0. The molecule has 0 aromatic heterocycles. The summed E-state index contributed by atoms with van der Waals surface area (Å²) >= 11 is 3.37. The van der Waals surface area contributed by atoms with Gasteiger partial charge in [0.1, 0.15) is 5.25 Å². The zero-order chi connectivity index (χ0) is 15.8. The van der Waals surface area contributed by atoms with E-state index in [1.165, 1.54) is 0 Å². The van der Waals surface area contributed by atoms with Crippen molar-refractivity contribution in [2.45, 2.75) is 41.4 Å². The van der Waals surface area contributed by atoms with E-state index in [0.717, 1.165) is 31.2 Å². The quantitative estimate of drug-likeness (QED) is 0.589. The molecule has 0 bridgehead atoms. The van der Waals surface area contributed by atoms with Gasteiger partial charge in [-0.15, -0.1) is 0 Å². The molecule has 22 heavy (non-hydrogen) atoms. The maximum absolute atomic E-state index is 12.5. The van der Waals surface area contributed by atoms with Crippen LogP contribution in [0.2, 0.25) is 0 Å². The van der Waals surface area contributed by atoms with Gasteiger partial charge in [0.15, 0.2) is 9.84 Å². The average molecular weight is 386 g/mol. The Bertz CT molecular complexity index is 730. The Morgan fingerprint density at radius 3 is 2.45 bits per heavy atom. The molecule has 1 saturated carbocycles. The van der Waals surface area contributed by atoms with E-state index in [1.54, 1.807) is 24.3 Å². The SMILES string of the molecule is O=C=NC1(c2ccc(S(=O)(=O)C3COC3)c(Br)c2)CCCC1. The zero-order valence-corrected chi connectivity index (χ0v) is 14.3. The molecule has 0 N–H and O–H groups in total. The minimum absolute atomic E-state index is 0.246. The van der Waals surface area contributed by atoms with Crippen LogP contribution in [0.4, 0.5) is 0 Å². The molecular formula is C15H16BrNO4S. The zero-order valence-electron chi connectivity index (χ0n) is 11.9. The maximum Gasteiger partial charge on any atom is 0.235 e. The lowest BCUT2D eigenvalue weighted by Gasteiger charge is -2.27. The molecule has 2 aliphatic rings. The summed E-state index contributed by atoms with van der Waals surface area (Å²) in [7, 11) is -3.39. The molecular weight excluding hydrogens is 370 g/mol. The third-order valence-corrected chi connectivity index (χ3v) is 7.55. The number of hydrogen-bond acceptors (Lipinski definition) is 5. The number of sulfone groups is 1. The molecule has 5 nitrogen and oxygen atoms in total. The molecule has 0 amide bonds. The van der Waals surface area contributed by atoms with Gasteiger partial charge in [-0.3, -0.25) is 0 Å². The highest BCUT2D eigenvalue weighted by molar-refractivity contribution is 9.10. The fraction of sp³-hybridized carbons (Fsp3) is 0.533. The summed E-state index contributed by atoms with van der Waals surface area (Å²) in [5.74, 6) is 0. The molecule has 0 atom stereocenters. The molecule has 3 rings (SSSR count). The highest BCUT2D eigenvalue weighted by atomic mass is 79.9. The first-order valence-electron chi connectivity index (χ1n) is 7.20. The molecule has 1 heterocycles. The number of carbonyl (C=O) groups excluding carboxylic acids is 1. The van der Waals surface area contributed by atoms with E-state index < -0.39 is 20.6 Å². The van der Waals surface area contributed by atoms with E-state index in [1.807, 2.05) is 0 Å². The van der Waals surface area contributed by atoms with Crippen LogP contribution in [0.15, 0.2) is 32.6 Å². The molecule has 1 saturated heterocycles. The van der Waals surface area contributed by atoms with Gasteiger partial charge >= 0.3 is 0 Å². The lowest BCUT2D eigenvalue weighted by Crippen LogP contribution is -2.40. The van der Waals surface area contributed by atoms with Gasteiger partial charge in [-0.1, -0.05) is 18.9 Å². The van der Waals surface area contributed by atoms with Crippen LogP contribution in [0.25, 0.3) is 0 Å². The van der Waals surface area contributed by atoms with Crippen LogP contribution in [0.1, 0.15) is 31.2 Å². The standard InChI is InChI=1S/C15H16BrNO4S/c16-13-7-11(15(17-10-18)5-1-2-6-15)3-4-14(13)22(19,20)12-8-21-9-12/h3-4,7,12H,1-2,5-6,8-9H2. The van der Waals surface area contributed by atoms with E-state index in [2.05, 4.69) is 20.9 Å². The monoisotopic (exact) mass is 385 g/mol. The second-order valence-corrected chi connectivity index (χ2v) is 8.84. The van der Waals surface area contributed by atoms with Crippen molar-refractivity contribution in [3.63, 3.8) is 0 Å². The minimum atomic E-state index is -3.39. The third kappa shape index (κ3) is 2.56. The van der Waals surface area contributed by atoms with Crippen molar-refractivity contribution in [3.05, 3.63) is 28.2 Å². The smallest absolute Gasteiger partial charge is 0.235 e. The van der Waals surface area contributed by atoms with Crippen LogP contribution >= 0.6 is 15.9 Å². The average Bonchev–Trinajstić information content (AvgIpc) is 2.86. The largest absolute Gasteiger partial charge is 0.379 e. The van der Waals surface area contributed by atoms with Crippen molar-refractivity contribution < 1.29 is 17.9 Å². The molecule has 0 unspecified atom stereocenters. The van der Waals surface area contributed by atoms with Crippen LogP contribution in [-0.2, 0) is 24.9 Å². The lowest BCUT2D eigenvalue weighted by atomic mass is 9.89. The molecule has 2 fully saturated rings. The maximum atomic E-state index is 12.5. The van der Waals surface area contributed by atoms with Crippen molar-refractivity contribution in [3.8, 4) is 0 Å². The first-order chi connectivity index (χ1) is 10.5. The Morgan fingerprint density at radius 1 is 1.27 bits per heavy atom. The van der Waals surface area contributed by atoms with Gasteiger partial charge in [-0.05, 0) is 46.5 Å². The summed E-state index contributed by atoms with van der Waals surface area (Å²) in [4.78, 5) is 15.1. The summed E-state index contributed by atoms with van der Waals surface area (Å²) in [5, 5.41) is -0.469. The van der Waals surface area contributed by atoms with E-state index in [0.29, 0.717) is 4.47 Å². The first kappa shape index (κ1) is 15.9. The van der Waals surface area contributed by atoms with Crippen LogP contribution in [0.5, 0.6) is 0 Å². The summed E-state index contributed by atoms with van der Waals surface area (Å²) in [5.41, 5.74) is 0.315. The molecule has 7 heteroatoms. The number of halogens is 1. The fourth-order valence-corrected chi connectivity index (χ4v) is 5.66. The van der Waals surface area contributed by atoms with Gasteiger partial charge in [-0.25, -0.2) is 13.2 Å². The Labute approximate surface area is 137 Å². The van der Waals surface area contributed by atoms with Gasteiger partial charge in [0, 0.05) is 4.47 Å². The highest BCUT2D eigenvalue weighted by Gasteiger charge is 2.38. The van der Waals surface area contributed by atoms with Crippen molar-refractivity contribution in [1.82, 2.24) is 0 Å². The fourth-order valence-electron chi connectivity index (χ4n) is 3.11. The van der Waals surface area contributed by atoms with Crippen molar-refractivity contribution >= 4 is 31.8 Å². The topological polar surface area (TPSA) is 72.8 Å². The highest BCUT2D eigenvalue weighted by Crippen LogP contribution is 2.43. The van der Waals surface area contributed by atoms with E-state index in [-0.39, 0.29) is 18.1 Å². The first-order valence-corrected chi connectivity index (χ1v) is 9.54. The van der Waals surface area contributed by atoms with Crippen LogP contribution < -0.4 is 0 Å². The number of aliphatic imine (C=N–C) groups is 1. The normalized spacial score (nSPS) is 21.1. The number of nitrogens with zero attached hydrogens (tertiary/aromatic N) is 1. The minimum Gasteiger partial charge on any atom is -0.379 e. The Balaban J connectivity index is 2.00. The van der Waals surface area contributed by atoms with Gasteiger partial charge in [0.25, 0.3) is 0 Å². The lowest BCUT2D eigenvalue weighted by molar-refractivity contribution is 0.0416. The predicted octanol–water partition coefficient (Wildman–Crippen LogP) is 2.73. The second kappa shape index (κ2) is 5.89. The van der Waals surface area contributed by atoms with Crippen LogP contribution in [-0.4, -0.2) is 33.0 Å². The summed E-state index contributed by atoms with van der Waals surface area (Å²) in [6, 6.07) is 5.15. The van der Waals surface area contributed by atoms with Crippen LogP contribution in [0, 0.1) is 0 Å². The van der Waals surface area contributed by atoms with E-state index in [4.69, 9.17) is 4.74 Å². The Kier molecular flexibility index (Phi) is 4.25. The predicted molar refractivity (Wildman–Crippen MR) is 84.2 cm³/mol. The summed E-state index contributed by atoms with van der Waals surface area (Å²) in [6.45, 7) is 0.492. The van der Waals surface area contributed by atoms with Gasteiger partial charge < -0.3 is 4.74 Å². The van der Waals surface area contributed by atoms with E-state index in [9.17, 15) is 13.2 Å². The van der Waals surface area contributed by atoms with Crippen molar-refractivity contribution in [2.24, 2.45) is 4.99 Å². The molecule has 1 aromatic rings. The van der Waals surface area contributed by atoms with E-state index >= 15 is 0 Å².